The van der Waals surface area contributed by atoms with Gasteiger partial charge in [0.2, 0.25) is 5.89 Å². The summed E-state index contributed by atoms with van der Waals surface area (Å²) in [5.41, 5.74) is 2.66. The molecule has 0 bridgehead atoms. The molecule has 6 heteroatoms. The SMILES string of the molecule is c1cc(CN2CCC(CCc3noc(C4CCOCC4)n3)CC2)c2cc[nH]c2c1. The fourth-order valence-corrected chi connectivity index (χ4v) is 4.78. The first-order chi connectivity index (χ1) is 14.3. The lowest BCUT2D eigenvalue weighted by molar-refractivity contribution is 0.0778. The number of benzene rings is 1. The molecule has 0 atom stereocenters. The van der Waals surface area contributed by atoms with Gasteiger partial charge in [-0.15, -0.1) is 0 Å². The summed E-state index contributed by atoms with van der Waals surface area (Å²) in [4.78, 5) is 10.6. The van der Waals surface area contributed by atoms with Crippen LogP contribution in [-0.4, -0.2) is 46.3 Å². The highest BCUT2D eigenvalue weighted by atomic mass is 16.5. The number of ether oxygens (including phenoxy) is 1. The summed E-state index contributed by atoms with van der Waals surface area (Å²) >= 11 is 0. The summed E-state index contributed by atoms with van der Waals surface area (Å²) in [5, 5.41) is 5.58. The Balaban J connectivity index is 1.09. The lowest BCUT2D eigenvalue weighted by Crippen LogP contribution is -2.33. The van der Waals surface area contributed by atoms with Gasteiger partial charge in [0.15, 0.2) is 5.82 Å². The van der Waals surface area contributed by atoms with Crippen LogP contribution in [0.5, 0.6) is 0 Å². The van der Waals surface area contributed by atoms with E-state index in [4.69, 9.17) is 9.26 Å². The van der Waals surface area contributed by atoms with Gasteiger partial charge < -0.3 is 14.2 Å². The van der Waals surface area contributed by atoms with Crippen molar-refractivity contribution >= 4 is 10.9 Å². The zero-order valence-corrected chi connectivity index (χ0v) is 17.0. The average Bonchev–Trinajstić information content (AvgIpc) is 3.44. The second-order valence-electron chi connectivity index (χ2n) is 8.55. The van der Waals surface area contributed by atoms with Gasteiger partial charge in [0.25, 0.3) is 0 Å². The third-order valence-electron chi connectivity index (χ3n) is 6.62. The van der Waals surface area contributed by atoms with Crippen molar-refractivity contribution in [2.75, 3.05) is 26.3 Å². The van der Waals surface area contributed by atoms with Gasteiger partial charge in [-0.05, 0) is 68.8 Å². The lowest BCUT2D eigenvalue weighted by Gasteiger charge is -2.32. The molecule has 6 nitrogen and oxygen atoms in total. The minimum atomic E-state index is 0.387. The fraction of sp³-hybridized carbons (Fsp3) is 0.565. The van der Waals surface area contributed by atoms with Crippen LogP contribution in [0.15, 0.2) is 35.0 Å². The Morgan fingerprint density at radius 3 is 2.79 bits per heavy atom. The topological polar surface area (TPSA) is 67.2 Å². The van der Waals surface area contributed by atoms with Gasteiger partial charge in [-0.25, -0.2) is 0 Å². The molecule has 2 fully saturated rings. The van der Waals surface area contributed by atoms with Crippen molar-refractivity contribution in [1.82, 2.24) is 20.0 Å². The Kier molecular flexibility index (Phi) is 5.63. The Morgan fingerprint density at radius 1 is 1.07 bits per heavy atom. The zero-order chi connectivity index (χ0) is 19.5. The molecule has 29 heavy (non-hydrogen) atoms. The molecule has 0 aliphatic carbocycles. The van der Waals surface area contributed by atoms with Gasteiger partial charge in [0, 0.05) is 49.2 Å². The van der Waals surface area contributed by atoms with Gasteiger partial charge in [-0.1, -0.05) is 17.3 Å². The van der Waals surface area contributed by atoms with E-state index in [1.165, 1.54) is 42.4 Å². The molecule has 2 aliphatic rings. The molecule has 1 aromatic carbocycles. The van der Waals surface area contributed by atoms with E-state index < -0.39 is 0 Å². The van der Waals surface area contributed by atoms with Gasteiger partial charge in [0.1, 0.15) is 0 Å². The number of aromatic amines is 1. The molecule has 0 radical (unpaired) electrons. The van der Waals surface area contributed by atoms with Gasteiger partial charge in [-0.2, -0.15) is 4.98 Å². The van der Waals surface area contributed by atoms with Crippen molar-refractivity contribution < 1.29 is 9.26 Å². The Bertz CT molecular complexity index is 920. The van der Waals surface area contributed by atoms with E-state index in [0.717, 1.165) is 63.1 Å². The van der Waals surface area contributed by atoms with E-state index in [1.54, 1.807) is 0 Å². The quantitative estimate of drug-likeness (QED) is 0.675. The van der Waals surface area contributed by atoms with Crippen LogP contribution >= 0.6 is 0 Å². The predicted molar refractivity (Wildman–Crippen MR) is 112 cm³/mol. The van der Waals surface area contributed by atoms with E-state index in [2.05, 4.69) is 44.3 Å². The second kappa shape index (κ2) is 8.67. The van der Waals surface area contributed by atoms with E-state index in [9.17, 15) is 0 Å². The highest BCUT2D eigenvalue weighted by molar-refractivity contribution is 5.82. The van der Waals surface area contributed by atoms with Crippen LogP contribution in [0.1, 0.15) is 55.3 Å². The van der Waals surface area contributed by atoms with E-state index >= 15 is 0 Å². The van der Waals surface area contributed by atoms with E-state index in [1.807, 2.05) is 6.20 Å². The molecule has 0 spiro atoms. The molecule has 0 unspecified atom stereocenters. The molecule has 0 amide bonds. The van der Waals surface area contributed by atoms with Crippen molar-refractivity contribution in [3.8, 4) is 0 Å². The number of aromatic nitrogens is 3. The predicted octanol–water partition coefficient (Wildman–Crippen LogP) is 4.29. The minimum Gasteiger partial charge on any atom is -0.381 e. The Hall–Kier alpha value is -2.18. The first-order valence-corrected chi connectivity index (χ1v) is 11.0. The van der Waals surface area contributed by atoms with Crippen LogP contribution in [0.25, 0.3) is 10.9 Å². The van der Waals surface area contributed by atoms with Crippen LogP contribution in [0, 0.1) is 5.92 Å². The zero-order valence-electron chi connectivity index (χ0n) is 17.0. The van der Waals surface area contributed by atoms with Crippen LogP contribution < -0.4 is 0 Å². The van der Waals surface area contributed by atoms with Crippen molar-refractivity contribution in [3.63, 3.8) is 0 Å². The summed E-state index contributed by atoms with van der Waals surface area (Å²) in [6, 6.07) is 8.75. The highest BCUT2D eigenvalue weighted by Gasteiger charge is 2.23. The second-order valence-corrected chi connectivity index (χ2v) is 8.55. The molecule has 2 aliphatic heterocycles. The Labute approximate surface area is 171 Å². The summed E-state index contributed by atoms with van der Waals surface area (Å²) in [6.07, 6.45) is 8.63. The van der Waals surface area contributed by atoms with Crippen molar-refractivity contribution in [2.45, 2.75) is 51.0 Å². The summed E-state index contributed by atoms with van der Waals surface area (Å²) in [6.45, 7) is 5.00. The third kappa shape index (κ3) is 4.38. The maximum atomic E-state index is 5.53. The van der Waals surface area contributed by atoms with Crippen molar-refractivity contribution in [3.05, 3.63) is 47.7 Å². The fourth-order valence-electron chi connectivity index (χ4n) is 4.78. The normalized spacial score (nSPS) is 19.9. The Morgan fingerprint density at radius 2 is 1.93 bits per heavy atom. The molecular weight excluding hydrogens is 364 g/mol. The van der Waals surface area contributed by atoms with E-state index in [0.29, 0.717) is 5.92 Å². The average molecular weight is 395 g/mol. The van der Waals surface area contributed by atoms with E-state index in [-0.39, 0.29) is 0 Å². The van der Waals surface area contributed by atoms with Gasteiger partial charge in [0.05, 0.1) is 0 Å². The molecule has 2 saturated heterocycles. The highest BCUT2D eigenvalue weighted by Crippen LogP contribution is 2.27. The number of aryl methyl sites for hydroxylation is 1. The molecule has 3 aromatic rings. The molecule has 0 saturated carbocycles. The van der Waals surface area contributed by atoms with Crippen LogP contribution in [0.4, 0.5) is 0 Å². The number of likely N-dealkylation sites (tertiary alicyclic amines) is 1. The minimum absolute atomic E-state index is 0.387. The number of hydrogen-bond acceptors (Lipinski definition) is 5. The van der Waals surface area contributed by atoms with Crippen LogP contribution in [0.3, 0.4) is 0 Å². The maximum Gasteiger partial charge on any atom is 0.229 e. The largest absolute Gasteiger partial charge is 0.381 e. The number of nitrogens with zero attached hydrogens (tertiary/aromatic N) is 3. The van der Waals surface area contributed by atoms with Gasteiger partial charge >= 0.3 is 0 Å². The molecular formula is C23H30N4O2. The number of H-pyrrole nitrogens is 1. The number of fused-ring (bicyclic) bond motifs is 1. The van der Waals surface area contributed by atoms with Crippen LogP contribution in [-0.2, 0) is 17.7 Å². The maximum absolute atomic E-state index is 5.53. The standard InChI is InChI=1S/C23H30N4O2/c1-2-19(20-6-11-24-21(20)3-1)16-27-12-7-17(8-13-27)4-5-22-25-23(29-26-22)18-9-14-28-15-10-18/h1-3,6,11,17-18,24H,4-5,7-10,12-16H2. The third-order valence-corrected chi connectivity index (χ3v) is 6.62. The molecule has 5 rings (SSSR count). The first kappa shape index (κ1) is 18.8. The van der Waals surface area contributed by atoms with Crippen molar-refractivity contribution in [2.24, 2.45) is 5.92 Å². The summed E-state index contributed by atoms with van der Waals surface area (Å²) in [5.74, 6) is 2.85. The van der Waals surface area contributed by atoms with Crippen LogP contribution in [0.2, 0.25) is 0 Å². The lowest BCUT2D eigenvalue weighted by atomic mass is 9.91. The summed E-state index contributed by atoms with van der Waals surface area (Å²) < 4.78 is 11.0. The summed E-state index contributed by atoms with van der Waals surface area (Å²) in [7, 11) is 0. The molecule has 1 N–H and O–H groups in total. The number of hydrogen-bond donors (Lipinski definition) is 1. The molecule has 4 heterocycles. The van der Waals surface area contributed by atoms with Crippen molar-refractivity contribution in [1.29, 1.82) is 0 Å². The molecule has 2 aromatic heterocycles. The first-order valence-electron chi connectivity index (χ1n) is 11.0. The van der Waals surface area contributed by atoms with Gasteiger partial charge in [-0.3, -0.25) is 4.90 Å². The number of nitrogens with one attached hydrogen (secondary N) is 1. The number of rotatable bonds is 6. The monoisotopic (exact) mass is 394 g/mol. The molecule has 154 valence electrons. The smallest absolute Gasteiger partial charge is 0.229 e. The number of piperidine rings is 1.